The number of ether oxygens (including phenoxy) is 1. The lowest BCUT2D eigenvalue weighted by molar-refractivity contribution is 0.0421. The number of hydrogen-bond acceptors (Lipinski definition) is 2. The Morgan fingerprint density at radius 3 is 2.53 bits per heavy atom. The summed E-state index contributed by atoms with van der Waals surface area (Å²) in [7, 11) is 0. The van der Waals surface area contributed by atoms with Gasteiger partial charge < -0.3 is 4.74 Å². The van der Waals surface area contributed by atoms with E-state index >= 15 is 0 Å². The molecule has 1 aliphatic carbocycles. The summed E-state index contributed by atoms with van der Waals surface area (Å²) in [4.78, 5) is 0. The summed E-state index contributed by atoms with van der Waals surface area (Å²) in [6.45, 7) is 0. The molecule has 92 valence electrons. The molecule has 2 aliphatic rings. The van der Waals surface area contributed by atoms with E-state index in [1.54, 1.807) is 0 Å². The summed E-state index contributed by atoms with van der Waals surface area (Å²) in [5.41, 5.74) is 1.62. The van der Waals surface area contributed by atoms with E-state index in [-0.39, 0.29) is 5.44 Å². The zero-order chi connectivity index (χ0) is 11.5. The number of benzene rings is 1. The van der Waals surface area contributed by atoms with Gasteiger partial charge in [-0.1, -0.05) is 56.0 Å². The first-order valence-electron chi connectivity index (χ1n) is 6.79. The second-order valence-corrected chi connectivity index (χ2v) is 6.39. The number of thioether (sulfide) groups is 1. The lowest BCUT2D eigenvalue weighted by Crippen LogP contribution is -2.21. The summed E-state index contributed by atoms with van der Waals surface area (Å²) in [5, 5.41) is 0.737. The lowest BCUT2D eigenvalue weighted by Gasteiger charge is -2.19. The fourth-order valence-electron chi connectivity index (χ4n) is 2.84. The maximum atomic E-state index is 6.25. The molecule has 3 unspecified atom stereocenters. The molecule has 1 aliphatic heterocycles. The van der Waals surface area contributed by atoms with Crippen molar-refractivity contribution < 1.29 is 4.74 Å². The van der Waals surface area contributed by atoms with Crippen molar-refractivity contribution in [2.45, 2.75) is 55.3 Å². The molecule has 0 bridgehead atoms. The van der Waals surface area contributed by atoms with E-state index in [1.807, 2.05) is 11.8 Å². The number of fused-ring (bicyclic) bond motifs is 1. The number of hydrogen-bond donors (Lipinski definition) is 0. The zero-order valence-electron chi connectivity index (χ0n) is 10.2. The van der Waals surface area contributed by atoms with Gasteiger partial charge >= 0.3 is 0 Å². The van der Waals surface area contributed by atoms with Crippen LogP contribution in [0.1, 0.15) is 49.5 Å². The molecule has 1 saturated carbocycles. The normalized spacial score (nSPS) is 33.8. The quantitative estimate of drug-likeness (QED) is 0.721. The minimum absolute atomic E-state index is 0.282. The van der Waals surface area contributed by atoms with Gasteiger partial charge in [0.2, 0.25) is 0 Å². The van der Waals surface area contributed by atoms with Crippen LogP contribution in [0.25, 0.3) is 0 Å². The molecule has 1 aromatic rings. The minimum atomic E-state index is 0.282. The largest absolute Gasteiger partial charge is 0.358 e. The minimum Gasteiger partial charge on any atom is -0.358 e. The van der Waals surface area contributed by atoms with Crippen molar-refractivity contribution in [2.24, 2.45) is 0 Å². The van der Waals surface area contributed by atoms with Crippen molar-refractivity contribution in [1.29, 1.82) is 0 Å². The van der Waals surface area contributed by atoms with Crippen LogP contribution >= 0.6 is 11.8 Å². The van der Waals surface area contributed by atoms with Gasteiger partial charge in [0, 0.05) is 5.25 Å². The average molecular weight is 248 g/mol. The Labute approximate surface area is 108 Å². The van der Waals surface area contributed by atoms with Crippen molar-refractivity contribution in [3.63, 3.8) is 0 Å². The van der Waals surface area contributed by atoms with E-state index in [9.17, 15) is 0 Å². The van der Waals surface area contributed by atoms with Gasteiger partial charge in [0.1, 0.15) is 5.44 Å². The summed E-state index contributed by atoms with van der Waals surface area (Å²) in [6.07, 6.45) is 8.67. The van der Waals surface area contributed by atoms with Gasteiger partial charge in [0.25, 0.3) is 0 Å². The van der Waals surface area contributed by atoms with Gasteiger partial charge in [-0.3, -0.25) is 0 Å². The van der Waals surface area contributed by atoms with Gasteiger partial charge in [0.15, 0.2) is 0 Å². The fourth-order valence-corrected chi connectivity index (χ4v) is 4.36. The molecular formula is C15H20OS. The van der Waals surface area contributed by atoms with E-state index in [0.29, 0.717) is 6.10 Å². The van der Waals surface area contributed by atoms with Crippen molar-refractivity contribution >= 4 is 11.8 Å². The van der Waals surface area contributed by atoms with E-state index < -0.39 is 0 Å². The third kappa shape index (κ3) is 2.69. The summed E-state index contributed by atoms with van der Waals surface area (Å²) >= 11 is 2.05. The van der Waals surface area contributed by atoms with E-state index in [2.05, 4.69) is 30.3 Å². The molecule has 3 rings (SSSR count). The maximum absolute atomic E-state index is 6.25. The highest BCUT2D eigenvalue weighted by molar-refractivity contribution is 8.00. The van der Waals surface area contributed by atoms with Gasteiger partial charge in [-0.25, -0.2) is 0 Å². The van der Waals surface area contributed by atoms with Gasteiger partial charge in [-0.15, -0.1) is 11.8 Å². The predicted octanol–water partition coefficient (Wildman–Crippen LogP) is 4.54. The van der Waals surface area contributed by atoms with E-state index in [0.717, 1.165) is 5.25 Å². The molecule has 0 amide bonds. The van der Waals surface area contributed by atoms with E-state index in [4.69, 9.17) is 4.74 Å². The first-order chi connectivity index (χ1) is 8.43. The van der Waals surface area contributed by atoms with Crippen LogP contribution in [0.5, 0.6) is 0 Å². The molecule has 2 heteroatoms. The first-order valence-corrected chi connectivity index (χ1v) is 7.73. The Balaban J connectivity index is 1.70. The van der Waals surface area contributed by atoms with Crippen LogP contribution in [0.4, 0.5) is 0 Å². The first kappa shape index (κ1) is 11.6. The lowest BCUT2D eigenvalue weighted by atomic mass is 9.98. The topological polar surface area (TPSA) is 9.23 Å². The molecule has 1 saturated heterocycles. The maximum Gasteiger partial charge on any atom is 0.129 e. The highest BCUT2D eigenvalue weighted by atomic mass is 32.2. The van der Waals surface area contributed by atoms with Crippen LogP contribution < -0.4 is 0 Å². The van der Waals surface area contributed by atoms with Gasteiger partial charge in [0.05, 0.1) is 6.10 Å². The molecule has 0 radical (unpaired) electrons. The molecule has 0 spiro atoms. The molecule has 1 nitrogen and oxygen atoms in total. The van der Waals surface area contributed by atoms with Crippen LogP contribution in [-0.2, 0) is 4.74 Å². The Morgan fingerprint density at radius 2 is 1.71 bits per heavy atom. The third-order valence-corrected chi connectivity index (χ3v) is 5.33. The fraction of sp³-hybridized carbons (Fsp3) is 0.600. The van der Waals surface area contributed by atoms with Crippen LogP contribution in [0.15, 0.2) is 30.3 Å². The second-order valence-electron chi connectivity index (χ2n) is 5.08. The Hall–Kier alpha value is -0.470. The second kappa shape index (κ2) is 5.45. The molecular weight excluding hydrogens is 228 g/mol. The van der Waals surface area contributed by atoms with Crippen molar-refractivity contribution in [3.8, 4) is 0 Å². The standard InChI is InChI=1S/C15H20OS/c1-2-7-11-14-13(10-6-1)16-15(17-14)12-8-4-3-5-9-12/h3-5,8-9,13-15H,1-2,6-7,10-11H2. The van der Waals surface area contributed by atoms with Crippen LogP contribution in [0, 0.1) is 0 Å². The molecule has 1 aromatic carbocycles. The Morgan fingerprint density at radius 1 is 0.941 bits per heavy atom. The van der Waals surface area contributed by atoms with E-state index in [1.165, 1.54) is 44.1 Å². The van der Waals surface area contributed by atoms with Crippen LogP contribution in [0.2, 0.25) is 0 Å². The molecule has 3 atom stereocenters. The van der Waals surface area contributed by atoms with Crippen molar-refractivity contribution in [3.05, 3.63) is 35.9 Å². The van der Waals surface area contributed by atoms with Crippen molar-refractivity contribution in [2.75, 3.05) is 0 Å². The SMILES string of the molecule is c1ccc(C2OC3CCCCCCC3S2)cc1. The van der Waals surface area contributed by atoms with Crippen LogP contribution in [-0.4, -0.2) is 11.4 Å². The van der Waals surface area contributed by atoms with Crippen LogP contribution in [0.3, 0.4) is 0 Å². The molecule has 0 N–H and O–H groups in total. The molecule has 1 heterocycles. The monoisotopic (exact) mass is 248 g/mol. The smallest absolute Gasteiger partial charge is 0.129 e. The zero-order valence-corrected chi connectivity index (χ0v) is 11.0. The Bertz CT molecular complexity index is 335. The summed E-state index contributed by atoms with van der Waals surface area (Å²) < 4.78 is 6.25. The Kier molecular flexibility index (Phi) is 3.72. The highest BCUT2D eigenvalue weighted by Crippen LogP contribution is 2.47. The third-order valence-electron chi connectivity index (χ3n) is 3.81. The van der Waals surface area contributed by atoms with Gasteiger partial charge in [-0.05, 0) is 18.4 Å². The predicted molar refractivity (Wildman–Crippen MR) is 73.1 cm³/mol. The highest BCUT2D eigenvalue weighted by Gasteiger charge is 2.36. The van der Waals surface area contributed by atoms with Crippen molar-refractivity contribution in [1.82, 2.24) is 0 Å². The van der Waals surface area contributed by atoms with Gasteiger partial charge in [-0.2, -0.15) is 0 Å². The average Bonchev–Trinajstić information content (AvgIpc) is 2.73. The summed E-state index contributed by atoms with van der Waals surface area (Å²) in [5.74, 6) is 0. The number of rotatable bonds is 1. The summed E-state index contributed by atoms with van der Waals surface area (Å²) in [6, 6.07) is 10.7. The molecule has 2 fully saturated rings. The molecule has 17 heavy (non-hydrogen) atoms. The molecule has 0 aromatic heterocycles.